The molecule has 1 heterocycles. The maximum atomic E-state index is 5.86. The molecule has 0 spiro atoms. The monoisotopic (exact) mass is 281 g/mol. The van der Waals surface area contributed by atoms with Gasteiger partial charge in [-0.3, -0.25) is 0 Å². The number of aromatic nitrogens is 3. The first-order chi connectivity index (χ1) is 9.29. The SMILES string of the molecule is CCCCOCCOc1nnc2cc(Cl)ccc2n1. The zero-order valence-electron chi connectivity index (χ0n) is 10.8. The van der Waals surface area contributed by atoms with E-state index in [2.05, 4.69) is 22.1 Å². The van der Waals surface area contributed by atoms with Crippen molar-refractivity contribution in [2.24, 2.45) is 0 Å². The van der Waals surface area contributed by atoms with Crippen LogP contribution in [-0.4, -0.2) is 35.0 Å². The van der Waals surface area contributed by atoms with Gasteiger partial charge >= 0.3 is 6.01 Å². The highest BCUT2D eigenvalue weighted by molar-refractivity contribution is 6.31. The van der Waals surface area contributed by atoms with E-state index in [-0.39, 0.29) is 6.01 Å². The number of halogens is 1. The molecule has 0 aliphatic carbocycles. The molecule has 2 rings (SSSR count). The molecule has 1 aromatic carbocycles. The molecule has 1 aromatic heterocycles. The average molecular weight is 282 g/mol. The topological polar surface area (TPSA) is 57.1 Å². The first-order valence-corrected chi connectivity index (χ1v) is 6.68. The second-order valence-corrected chi connectivity index (χ2v) is 4.48. The lowest BCUT2D eigenvalue weighted by atomic mass is 10.3. The highest BCUT2D eigenvalue weighted by atomic mass is 35.5. The Morgan fingerprint density at radius 2 is 2.00 bits per heavy atom. The summed E-state index contributed by atoms with van der Waals surface area (Å²) < 4.78 is 10.8. The van der Waals surface area contributed by atoms with Gasteiger partial charge in [0.1, 0.15) is 12.1 Å². The Bertz CT molecular complexity index is 536. The molecular weight excluding hydrogens is 266 g/mol. The van der Waals surface area contributed by atoms with E-state index >= 15 is 0 Å². The molecule has 0 saturated carbocycles. The second-order valence-electron chi connectivity index (χ2n) is 4.04. The maximum Gasteiger partial charge on any atom is 0.336 e. The van der Waals surface area contributed by atoms with Crippen LogP contribution in [0.1, 0.15) is 19.8 Å². The fourth-order valence-corrected chi connectivity index (χ4v) is 1.66. The summed E-state index contributed by atoms with van der Waals surface area (Å²) in [5.41, 5.74) is 1.36. The number of benzene rings is 1. The van der Waals surface area contributed by atoms with Gasteiger partial charge in [-0.1, -0.05) is 30.0 Å². The molecule has 0 saturated heterocycles. The Hall–Kier alpha value is -1.46. The van der Waals surface area contributed by atoms with E-state index in [1.54, 1.807) is 18.2 Å². The fraction of sp³-hybridized carbons (Fsp3) is 0.462. The number of ether oxygens (including phenoxy) is 2. The van der Waals surface area contributed by atoms with Crippen molar-refractivity contribution >= 4 is 22.6 Å². The highest BCUT2D eigenvalue weighted by Crippen LogP contribution is 2.16. The van der Waals surface area contributed by atoms with Crippen molar-refractivity contribution in [1.29, 1.82) is 0 Å². The first kappa shape index (κ1) is 14.0. The van der Waals surface area contributed by atoms with Crippen LogP contribution in [0.15, 0.2) is 18.2 Å². The number of rotatable bonds is 7. The minimum atomic E-state index is 0.258. The molecule has 5 nitrogen and oxygen atoms in total. The van der Waals surface area contributed by atoms with Crippen molar-refractivity contribution in [1.82, 2.24) is 15.2 Å². The lowest BCUT2D eigenvalue weighted by Crippen LogP contribution is -2.09. The van der Waals surface area contributed by atoms with E-state index < -0.39 is 0 Å². The minimum absolute atomic E-state index is 0.258. The Morgan fingerprint density at radius 1 is 1.11 bits per heavy atom. The molecule has 0 aliphatic heterocycles. The van der Waals surface area contributed by atoms with Crippen molar-refractivity contribution in [3.63, 3.8) is 0 Å². The lowest BCUT2D eigenvalue weighted by molar-refractivity contribution is 0.0945. The summed E-state index contributed by atoms with van der Waals surface area (Å²) in [4.78, 5) is 4.24. The van der Waals surface area contributed by atoms with E-state index in [4.69, 9.17) is 21.1 Å². The fourth-order valence-electron chi connectivity index (χ4n) is 1.49. The van der Waals surface area contributed by atoms with Crippen molar-refractivity contribution in [2.75, 3.05) is 19.8 Å². The second kappa shape index (κ2) is 7.21. The van der Waals surface area contributed by atoms with Gasteiger partial charge in [0, 0.05) is 11.6 Å². The van der Waals surface area contributed by atoms with Crippen LogP contribution in [0.2, 0.25) is 5.02 Å². The van der Waals surface area contributed by atoms with E-state index in [1.165, 1.54) is 0 Å². The number of hydrogen-bond donors (Lipinski definition) is 0. The van der Waals surface area contributed by atoms with Crippen molar-refractivity contribution in [2.45, 2.75) is 19.8 Å². The smallest absolute Gasteiger partial charge is 0.336 e. The Labute approximate surface area is 116 Å². The van der Waals surface area contributed by atoms with Crippen molar-refractivity contribution in [3.05, 3.63) is 23.2 Å². The molecule has 2 aromatic rings. The number of unbranched alkanes of at least 4 members (excludes halogenated alkanes) is 1. The van der Waals surface area contributed by atoms with Crippen LogP contribution >= 0.6 is 11.6 Å². The molecule has 102 valence electrons. The van der Waals surface area contributed by atoms with Gasteiger partial charge in [0.25, 0.3) is 0 Å². The number of hydrogen-bond acceptors (Lipinski definition) is 5. The van der Waals surface area contributed by atoms with Gasteiger partial charge in [-0.15, -0.1) is 5.10 Å². The summed E-state index contributed by atoms with van der Waals surface area (Å²) in [6, 6.07) is 5.52. The van der Waals surface area contributed by atoms with Crippen LogP contribution in [0.25, 0.3) is 11.0 Å². The molecule has 0 bridgehead atoms. The molecule has 0 aliphatic rings. The van der Waals surface area contributed by atoms with Crippen LogP contribution in [0.3, 0.4) is 0 Å². The molecule has 0 unspecified atom stereocenters. The van der Waals surface area contributed by atoms with E-state index in [0.717, 1.165) is 19.4 Å². The molecule has 0 amide bonds. The maximum absolute atomic E-state index is 5.86. The Balaban J connectivity index is 1.86. The van der Waals surface area contributed by atoms with Gasteiger partial charge in [-0.05, 0) is 24.6 Å². The van der Waals surface area contributed by atoms with Crippen LogP contribution in [0.5, 0.6) is 6.01 Å². The zero-order valence-corrected chi connectivity index (χ0v) is 11.6. The molecule has 0 radical (unpaired) electrons. The summed E-state index contributed by atoms with van der Waals surface area (Å²) in [7, 11) is 0. The van der Waals surface area contributed by atoms with Gasteiger partial charge in [0.05, 0.1) is 12.1 Å². The van der Waals surface area contributed by atoms with Crippen molar-refractivity contribution < 1.29 is 9.47 Å². The van der Waals surface area contributed by atoms with Crippen LogP contribution in [0, 0.1) is 0 Å². The summed E-state index contributed by atoms with van der Waals surface area (Å²) >= 11 is 5.86. The summed E-state index contributed by atoms with van der Waals surface area (Å²) in [6.45, 7) is 3.84. The van der Waals surface area contributed by atoms with Crippen LogP contribution in [0.4, 0.5) is 0 Å². The summed E-state index contributed by atoms with van der Waals surface area (Å²) in [6.07, 6.45) is 2.19. The summed E-state index contributed by atoms with van der Waals surface area (Å²) in [5.74, 6) is 0. The third kappa shape index (κ3) is 4.29. The predicted octanol–water partition coefficient (Wildman–Crippen LogP) is 2.87. The van der Waals surface area contributed by atoms with Gasteiger partial charge in [-0.2, -0.15) is 4.98 Å². The third-order valence-electron chi connectivity index (χ3n) is 2.50. The Kier molecular flexibility index (Phi) is 5.30. The normalized spacial score (nSPS) is 10.8. The van der Waals surface area contributed by atoms with Crippen LogP contribution < -0.4 is 4.74 Å². The summed E-state index contributed by atoms with van der Waals surface area (Å²) in [5, 5.41) is 8.50. The standard InChI is InChI=1S/C13H16ClN3O2/c1-2-3-6-18-7-8-19-13-15-11-5-4-10(14)9-12(11)16-17-13/h4-5,9H,2-3,6-8H2,1H3. The molecular formula is C13H16ClN3O2. The molecule has 0 N–H and O–H groups in total. The zero-order chi connectivity index (χ0) is 13.5. The Morgan fingerprint density at radius 3 is 2.84 bits per heavy atom. The van der Waals surface area contributed by atoms with E-state index in [9.17, 15) is 0 Å². The van der Waals surface area contributed by atoms with Gasteiger partial charge in [0.15, 0.2) is 0 Å². The largest absolute Gasteiger partial charge is 0.460 e. The molecule has 0 fully saturated rings. The van der Waals surface area contributed by atoms with Gasteiger partial charge in [0.2, 0.25) is 0 Å². The predicted molar refractivity (Wildman–Crippen MR) is 73.6 cm³/mol. The van der Waals surface area contributed by atoms with Gasteiger partial charge < -0.3 is 9.47 Å². The third-order valence-corrected chi connectivity index (χ3v) is 2.73. The number of nitrogens with zero attached hydrogens (tertiary/aromatic N) is 3. The average Bonchev–Trinajstić information content (AvgIpc) is 2.43. The van der Waals surface area contributed by atoms with E-state index in [1.807, 2.05) is 0 Å². The lowest BCUT2D eigenvalue weighted by Gasteiger charge is -2.05. The molecule has 6 heteroatoms. The molecule has 19 heavy (non-hydrogen) atoms. The minimum Gasteiger partial charge on any atom is -0.460 e. The molecule has 0 atom stereocenters. The van der Waals surface area contributed by atoms with Crippen LogP contribution in [-0.2, 0) is 4.74 Å². The van der Waals surface area contributed by atoms with E-state index in [0.29, 0.717) is 29.3 Å². The van der Waals surface area contributed by atoms with Crippen molar-refractivity contribution in [3.8, 4) is 6.01 Å². The highest BCUT2D eigenvalue weighted by Gasteiger charge is 2.03. The first-order valence-electron chi connectivity index (χ1n) is 6.30. The number of fused-ring (bicyclic) bond motifs is 1. The quantitative estimate of drug-likeness (QED) is 0.731. The van der Waals surface area contributed by atoms with Gasteiger partial charge in [-0.25, -0.2) is 0 Å².